The quantitative estimate of drug-likeness (QED) is 0.766. The highest BCUT2D eigenvalue weighted by molar-refractivity contribution is 7.99. The number of primary amides is 1. The maximum absolute atomic E-state index is 12.5. The fraction of sp³-hybridized carbons (Fsp3) is 0.529. The molecular weight excluding hydrogens is 310 g/mol. The van der Waals surface area contributed by atoms with E-state index in [-0.39, 0.29) is 24.3 Å². The van der Waals surface area contributed by atoms with E-state index in [4.69, 9.17) is 5.73 Å². The highest BCUT2D eigenvalue weighted by atomic mass is 32.2. The van der Waals surface area contributed by atoms with Crippen molar-refractivity contribution in [3.05, 3.63) is 30.3 Å². The van der Waals surface area contributed by atoms with Gasteiger partial charge in [-0.25, -0.2) is 0 Å². The third-order valence-corrected chi connectivity index (χ3v) is 5.04. The van der Waals surface area contributed by atoms with Crippen molar-refractivity contribution in [1.29, 1.82) is 0 Å². The average Bonchev–Trinajstić information content (AvgIpc) is 2.54. The van der Waals surface area contributed by atoms with E-state index in [1.807, 2.05) is 35.0 Å². The summed E-state index contributed by atoms with van der Waals surface area (Å²) in [6.07, 6.45) is 1.83. The van der Waals surface area contributed by atoms with Crippen LogP contribution in [0.15, 0.2) is 35.2 Å². The average molecular weight is 335 g/mol. The molecule has 2 rings (SSSR count). The maximum atomic E-state index is 12.5. The van der Waals surface area contributed by atoms with Crippen molar-refractivity contribution in [2.45, 2.75) is 17.7 Å². The molecule has 0 unspecified atom stereocenters. The predicted molar refractivity (Wildman–Crippen MR) is 93.2 cm³/mol. The second kappa shape index (κ2) is 8.93. The van der Waals surface area contributed by atoms with Gasteiger partial charge in [-0.1, -0.05) is 18.2 Å². The SMILES string of the molecule is CN(CCSc1ccccc1)C(=O)[C@H]1CCCN(CC(N)=O)C1. The van der Waals surface area contributed by atoms with Crippen LogP contribution < -0.4 is 5.73 Å². The Kier molecular flexibility index (Phi) is 6.92. The van der Waals surface area contributed by atoms with Crippen LogP contribution in [0.5, 0.6) is 0 Å². The second-order valence-corrected chi connectivity index (χ2v) is 7.13. The van der Waals surface area contributed by atoms with Gasteiger partial charge in [0, 0.05) is 30.8 Å². The number of nitrogens with zero attached hydrogens (tertiary/aromatic N) is 2. The Labute approximate surface area is 142 Å². The van der Waals surface area contributed by atoms with Gasteiger partial charge in [0.1, 0.15) is 0 Å². The molecule has 6 heteroatoms. The highest BCUT2D eigenvalue weighted by Crippen LogP contribution is 2.20. The summed E-state index contributed by atoms with van der Waals surface area (Å²) < 4.78 is 0. The molecule has 1 heterocycles. The summed E-state index contributed by atoms with van der Waals surface area (Å²) in [7, 11) is 1.86. The number of thioether (sulfide) groups is 1. The zero-order valence-corrected chi connectivity index (χ0v) is 14.4. The van der Waals surface area contributed by atoms with Crippen molar-refractivity contribution in [2.75, 3.05) is 39.0 Å². The molecule has 0 bridgehead atoms. The van der Waals surface area contributed by atoms with Crippen LogP contribution in [0, 0.1) is 5.92 Å². The lowest BCUT2D eigenvalue weighted by molar-refractivity contribution is -0.136. The molecule has 0 spiro atoms. The van der Waals surface area contributed by atoms with Crippen LogP contribution in [0.1, 0.15) is 12.8 Å². The third kappa shape index (κ3) is 5.88. The Hall–Kier alpha value is -1.53. The fourth-order valence-corrected chi connectivity index (χ4v) is 3.81. The number of piperidine rings is 1. The molecule has 0 radical (unpaired) electrons. The lowest BCUT2D eigenvalue weighted by Crippen LogP contribution is -2.46. The first kappa shape index (κ1) is 17.8. The molecule has 126 valence electrons. The summed E-state index contributed by atoms with van der Waals surface area (Å²) in [6, 6.07) is 10.2. The van der Waals surface area contributed by atoms with E-state index in [9.17, 15) is 9.59 Å². The van der Waals surface area contributed by atoms with Crippen LogP contribution in [0.2, 0.25) is 0 Å². The van der Waals surface area contributed by atoms with Crippen molar-refractivity contribution in [3.8, 4) is 0 Å². The van der Waals surface area contributed by atoms with E-state index in [1.54, 1.807) is 11.8 Å². The van der Waals surface area contributed by atoms with E-state index in [0.29, 0.717) is 6.54 Å². The molecule has 2 N–H and O–H groups in total. The number of carbonyl (C=O) groups excluding carboxylic acids is 2. The summed E-state index contributed by atoms with van der Waals surface area (Å²) in [5.74, 6) is 0.706. The minimum atomic E-state index is -0.328. The molecule has 1 saturated heterocycles. The zero-order valence-electron chi connectivity index (χ0n) is 13.6. The first-order chi connectivity index (χ1) is 11.1. The van der Waals surface area contributed by atoms with Crippen LogP contribution in [0.3, 0.4) is 0 Å². The van der Waals surface area contributed by atoms with Gasteiger partial charge in [-0.15, -0.1) is 11.8 Å². The number of hydrogen-bond donors (Lipinski definition) is 1. The normalized spacial score (nSPS) is 18.6. The van der Waals surface area contributed by atoms with E-state index >= 15 is 0 Å². The Morgan fingerprint density at radius 1 is 1.35 bits per heavy atom. The van der Waals surface area contributed by atoms with Crippen molar-refractivity contribution < 1.29 is 9.59 Å². The van der Waals surface area contributed by atoms with Crippen LogP contribution in [0.4, 0.5) is 0 Å². The Bertz CT molecular complexity index is 524. The molecule has 0 aliphatic carbocycles. The number of nitrogens with two attached hydrogens (primary N) is 1. The molecule has 1 aromatic rings. The van der Waals surface area contributed by atoms with Crippen molar-refractivity contribution in [1.82, 2.24) is 9.80 Å². The molecule has 1 aliphatic rings. The molecular formula is C17H25N3O2S. The predicted octanol–water partition coefficient (Wildman–Crippen LogP) is 1.43. The van der Waals surface area contributed by atoms with Crippen molar-refractivity contribution in [3.63, 3.8) is 0 Å². The largest absolute Gasteiger partial charge is 0.369 e. The number of rotatable bonds is 7. The minimum Gasteiger partial charge on any atom is -0.369 e. The Balaban J connectivity index is 1.76. The molecule has 0 aromatic heterocycles. The monoisotopic (exact) mass is 335 g/mol. The smallest absolute Gasteiger partial charge is 0.231 e. The lowest BCUT2D eigenvalue weighted by atomic mass is 9.96. The standard InChI is InChI=1S/C17H25N3O2S/c1-19(10-11-23-15-7-3-2-4-8-15)17(22)14-6-5-9-20(12-14)13-16(18)21/h2-4,7-8,14H,5-6,9-13H2,1H3,(H2,18,21)/t14-/m0/s1. The van der Waals surface area contributed by atoms with Crippen LogP contribution in [-0.4, -0.2) is 60.6 Å². The van der Waals surface area contributed by atoms with Gasteiger partial charge in [0.05, 0.1) is 12.5 Å². The first-order valence-electron chi connectivity index (χ1n) is 7.99. The van der Waals surface area contributed by atoms with Gasteiger partial charge in [0.2, 0.25) is 11.8 Å². The summed E-state index contributed by atoms with van der Waals surface area (Å²) in [5, 5.41) is 0. The molecule has 5 nitrogen and oxygen atoms in total. The number of likely N-dealkylation sites (tertiary alicyclic amines) is 1. The van der Waals surface area contributed by atoms with Crippen molar-refractivity contribution >= 4 is 23.6 Å². The zero-order chi connectivity index (χ0) is 16.7. The lowest BCUT2D eigenvalue weighted by Gasteiger charge is -2.33. The molecule has 1 aliphatic heterocycles. The molecule has 2 amide bonds. The van der Waals surface area contributed by atoms with Gasteiger partial charge in [-0.3, -0.25) is 14.5 Å². The van der Waals surface area contributed by atoms with E-state index in [0.717, 1.165) is 31.7 Å². The topological polar surface area (TPSA) is 66.6 Å². The third-order valence-electron chi connectivity index (χ3n) is 4.05. The van der Waals surface area contributed by atoms with Gasteiger partial charge >= 0.3 is 0 Å². The van der Waals surface area contributed by atoms with Crippen molar-refractivity contribution in [2.24, 2.45) is 11.7 Å². The van der Waals surface area contributed by atoms with E-state index in [1.165, 1.54) is 4.90 Å². The summed E-state index contributed by atoms with van der Waals surface area (Å²) in [4.78, 5) is 28.6. The number of hydrogen-bond acceptors (Lipinski definition) is 4. The van der Waals surface area contributed by atoms with Gasteiger partial charge in [0.15, 0.2) is 0 Å². The summed E-state index contributed by atoms with van der Waals surface area (Å²) >= 11 is 1.76. The first-order valence-corrected chi connectivity index (χ1v) is 8.98. The van der Waals surface area contributed by atoms with Crippen LogP contribution in [0.25, 0.3) is 0 Å². The van der Waals surface area contributed by atoms with E-state index in [2.05, 4.69) is 12.1 Å². The Morgan fingerprint density at radius 2 is 2.09 bits per heavy atom. The summed E-state index contributed by atoms with van der Waals surface area (Å²) in [5.41, 5.74) is 5.25. The molecule has 1 atom stereocenters. The molecule has 0 saturated carbocycles. The van der Waals surface area contributed by atoms with Gasteiger partial charge in [-0.2, -0.15) is 0 Å². The molecule has 1 fully saturated rings. The number of amides is 2. The Morgan fingerprint density at radius 3 is 2.78 bits per heavy atom. The molecule has 1 aromatic carbocycles. The van der Waals surface area contributed by atoms with Gasteiger partial charge in [-0.05, 0) is 31.5 Å². The summed E-state index contributed by atoms with van der Waals surface area (Å²) in [6.45, 7) is 2.46. The van der Waals surface area contributed by atoms with Crippen LogP contribution >= 0.6 is 11.8 Å². The van der Waals surface area contributed by atoms with Crippen LogP contribution in [-0.2, 0) is 9.59 Å². The fourth-order valence-electron chi connectivity index (χ4n) is 2.86. The molecule has 23 heavy (non-hydrogen) atoms. The number of benzene rings is 1. The highest BCUT2D eigenvalue weighted by Gasteiger charge is 2.28. The van der Waals surface area contributed by atoms with Gasteiger partial charge < -0.3 is 10.6 Å². The number of carbonyl (C=O) groups is 2. The maximum Gasteiger partial charge on any atom is 0.231 e. The van der Waals surface area contributed by atoms with E-state index < -0.39 is 0 Å². The second-order valence-electron chi connectivity index (χ2n) is 5.96. The minimum absolute atomic E-state index is 0.0187. The van der Waals surface area contributed by atoms with Gasteiger partial charge in [0.25, 0.3) is 0 Å².